The van der Waals surface area contributed by atoms with Crippen molar-refractivity contribution in [1.29, 1.82) is 0 Å². The van der Waals surface area contributed by atoms with Crippen LogP contribution in [0.15, 0.2) is 21.0 Å². The standard InChI is InChI=1S/C16H22N2O5Si/c1-5-11(24(2,3)4)6-10-8-18(16(22)17-15(10)21)14-7-12(20)13(9-19)23-14/h1,6,8,12-14,19-20H,7,9H2,2-4H3,(H,17,21,22)/b11-6-/t12?,13-,14-/m0/s1. The van der Waals surface area contributed by atoms with Gasteiger partial charge in [-0.25, -0.2) is 4.79 Å². The summed E-state index contributed by atoms with van der Waals surface area (Å²) < 4.78 is 6.68. The van der Waals surface area contributed by atoms with Crippen LogP contribution in [0.3, 0.4) is 0 Å². The maximum Gasteiger partial charge on any atom is 0.330 e. The molecule has 1 fully saturated rings. The largest absolute Gasteiger partial charge is 0.394 e. The van der Waals surface area contributed by atoms with Crippen LogP contribution in [0.5, 0.6) is 0 Å². The summed E-state index contributed by atoms with van der Waals surface area (Å²) in [6, 6.07) is 0. The van der Waals surface area contributed by atoms with Gasteiger partial charge in [0.15, 0.2) is 0 Å². The van der Waals surface area contributed by atoms with Crippen LogP contribution in [0.1, 0.15) is 18.2 Å². The summed E-state index contributed by atoms with van der Waals surface area (Å²) in [6.45, 7) is 5.83. The lowest BCUT2D eigenvalue weighted by atomic mass is 10.2. The lowest BCUT2D eigenvalue weighted by molar-refractivity contribution is -0.0459. The van der Waals surface area contributed by atoms with Crippen molar-refractivity contribution < 1.29 is 14.9 Å². The molecule has 3 N–H and O–H groups in total. The van der Waals surface area contributed by atoms with Crippen molar-refractivity contribution in [2.45, 2.75) is 44.5 Å². The van der Waals surface area contributed by atoms with Gasteiger partial charge in [-0.15, -0.1) is 6.42 Å². The van der Waals surface area contributed by atoms with Crippen LogP contribution in [0.4, 0.5) is 0 Å². The zero-order valence-electron chi connectivity index (χ0n) is 13.9. The van der Waals surface area contributed by atoms with Gasteiger partial charge in [-0.05, 0) is 11.3 Å². The molecule has 0 aromatic carbocycles. The third-order valence-corrected chi connectivity index (χ3v) is 5.86. The number of nitrogens with one attached hydrogen (secondary N) is 1. The minimum Gasteiger partial charge on any atom is -0.394 e. The molecule has 1 unspecified atom stereocenters. The highest BCUT2D eigenvalue weighted by Crippen LogP contribution is 2.27. The summed E-state index contributed by atoms with van der Waals surface area (Å²) in [6.07, 6.45) is 6.32. The van der Waals surface area contributed by atoms with Crippen molar-refractivity contribution in [3.8, 4) is 12.3 Å². The third kappa shape index (κ3) is 3.76. The molecule has 2 rings (SSSR count). The fourth-order valence-corrected chi connectivity index (χ4v) is 3.52. The molecule has 0 amide bonds. The monoisotopic (exact) mass is 350 g/mol. The summed E-state index contributed by atoms with van der Waals surface area (Å²) in [7, 11) is -1.80. The smallest absolute Gasteiger partial charge is 0.330 e. The Labute approximate surface area is 140 Å². The van der Waals surface area contributed by atoms with E-state index in [2.05, 4.69) is 30.5 Å². The average molecular weight is 350 g/mol. The highest BCUT2D eigenvalue weighted by atomic mass is 28.3. The Bertz CT molecular complexity index is 796. The van der Waals surface area contributed by atoms with E-state index < -0.39 is 37.8 Å². The average Bonchev–Trinajstić information content (AvgIpc) is 2.86. The molecule has 24 heavy (non-hydrogen) atoms. The molecule has 0 saturated carbocycles. The molecule has 7 nitrogen and oxygen atoms in total. The molecule has 1 aliphatic heterocycles. The summed E-state index contributed by atoms with van der Waals surface area (Å²) in [5, 5.41) is 19.7. The van der Waals surface area contributed by atoms with Crippen LogP contribution in [-0.4, -0.2) is 46.7 Å². The first-order valence-electron chi connectivity index (χ1n) is 7.66. The second-order valence-electron chi connectivity index (χ2n) is 6.82. The molecular formula is C16H22N2O5Si. The van der Waals surface area contributed by atoms with Gasteiger partial charge in [-0.3, -0.25) is 14.3 Å². The maximum atomic E-state index is 12.1. The number of aliphatic hydroxyl groups excluding tert-OH is 2. The molecule has 0 radical (unpaired) electrons. The number of hydrogen-bond donors (Lipinski definition) is 3. The van der Waals surface area contributed by atoms with Gasteiger partial charge in [0.05, 0.1) is 26.3 Å². The number of hydrogen-bond acceptors (Lipinski definition) is 5. The van der Waals surface area contributed by atoms with Crippen LogP contribution in [-0.2, 0) is 4.74 Å². The second-order valence-corrected chi connectivity index (χ2v) is 11.9. The predicted molar refractivity (Wildman–Crippen MR) is 93.1 cm³/mol. The number of nitrogens with zero attached hydrogens (tertiary/aromatic N) is 1. The van der Waals surface area contributed by atoms with Gasteiger partial charge < -0.3 is 14.9 Å². The van der Waals surface area contributed by atoms with Crippen molar-refractivity contribution >= 4 is 14.1 Å². The van der Waals surface area contributed by atoms with E-state index in [0.717, 1.165) is 5.20 Å². The summed E-state index contributed by atoms with van der Waals surface area (Å²) in [5.74, 6) is 2.62. The van der Waals surface area contributed by atoms with Gasteiger partial charge in [-0.2, -0.15) is 0 Å². The van der Waals surface area contributed by atoms with Crippen molar-refractivity contribution in [2.75, 3.05) is 6.61 Å². The van der Waals surface area contributed by atoms with Crippen molar-refractivity contribution in [2.24, 2.45) is 0 Å². The number of terminal acetylenes is 1. The quantitative estimate of drug-likeness (QED) is 0.527. The van der Waals surface area contributed by atoms with Crippen molar-refractivity contribution in [1.82, 2.24) is 9.55 Å². The van der Waals surface area contributed by atoms with E-state index in [4.69, 9.17) is 16.3 Å². The Morgan fingerprint density at radius 2 is 2.21 bits per heavy atom. The zero-order chi connectivity index (χ0) is 18.1. The van der Waals surface area contributed by atoms with Gasteiger partial charge in [0.2, 0.25) is 0 Å². The second kappa shape index (κ2) is 6.90. The fourth-order valence-electron chi connectivity index (χ4n) is 2.50. The maximum absolute atomic E-state index is 12.1. The van der Waals surface area contributed by atoms with Crippen LogP contribution in [0.2, 0.25) is 19.6 Å². The van der Waals surface area contributed by atoms with E-state index in [0.29, 0.717) is 0 Å². The first-order chi connectivity index (χ1) is 11.2. The first kappa shape index (κ1) is 18.4. The fraction of sp³-hybridized carbons (Fsp3) is 0.500. The van der Waals surface area contributed by atoms with E-state index in [9.17, 15) is 14.7 Å². The van der Waals surface area contributed by atoms with E-state index in [1.54, 1.807) is 6.08 Å². The lowest BCUT2D eigenvalue weighted by Crippen LogP contribution is -2.34. The van der Waals surface area contributed by atoms with E-state index in [1.807, 2.05) is 0 Å². The molecule has 3 atom stereocenters. The molecule has 0 bridgehead atoms. The molecule has 1 aromatic rings. The van der Waals surface area contributed by atoms with Crippen LogP contribution in [0, 0.1) is 12.3 Å². The Morgan fingerprint density at radius 3 is 2.71 bits per heavy atom. The highest BCUT2D eigenvalue weighted by Gasteiger charge is 2.35. The minimum atomic E-state index is -1.80. The molecule has 130 valence electrons. The van der Waals surface area contributed by atoms with Crippen molar-refractivity contribution in [3.63, 3.8) is 0 Å². The Hall–Kier alpha value is -1.92. The van der Waals surface area contributed by atoms with E-state index in [1.165, 1.54) is 10.8 Å². The summed E-state index contributed by atoms with van der Waals surface area (Å²) >= 11 is 0. The predicted octanol–water partition coefficient (Wildman–Crippen LogP) is 0.0713. The van der Waals surface area contributed by atoms with Crippen LogP contribution in [0.25, 0.3) is 6.08 Å². The molecule has 1 saturated heterocycles. The van der Waals surface area contributed by atoms with E-state index in [-0.39, 0.29) is 18.6 Å². The number of aromatic amines is 1. The Morgan fingerprint density at radius 1 is 1.54 bits per heavy atom. The molecule has 8 heteroatoms. The van der Waals surface area contributed by atoms with Gasteiger partial charge in [0.25, 0.3) is 5.56 Å². The molecule has 0 spiro atoms. The number of H-pyrrole nitrogens is 1. The molecule has 2 heterocycles. The number of allylic oxidation sites excluding steroid dienone is 1. The normalized spacial score (nSPS) is 24.8. The number of rotatable bonds is 4. The first-order valence-corrected chi connectivity index (χ1v) is 11.2. The number of ether oxygens (including phenoxy) is 1. The molecule has 0 aliphatic carbocycles. The van der Waals surface area contributed by atoms with Crippen LogP contribution < -0.4 is 11.2 Å². The summed E-state index contributed by atoms with van der Waals surface area (Å²) in [5.41, 5.74) is -0.904. The van der Waals surface area contributed by atoms with Gasteiger partial charge in [0, 0.05) is 12.6 Å². The zero-order valence-corrected chi connectivity index (χ0v) is 14.9. The van der Waals surface area contributed by atoms with Crippen LogP contribution >= 0.6 is 0 Å². The van der Waals surface area contributed by atoms with E-state index >= 15 is 0 Å². The molecule has 1 aliphatic rings. The SMILES string of the molecule is C#C/C(=C/c1cn([C@@H]2CC(O)[C@H](CO)O2)c(=O)[nH]c1=O)[Si](C)(C)C. The Kier molecular flexibility index (Phi) is 5.30. The van der Waals surface area contributed by atoms with Gasteiger partial charge >= 0.3 is 5.69 Å². The number of aliphatic hydroxyl groups is 2. The third-order valence-electron chi connectivity index (χ3n) is 3.95. The minimum absolute atomic E-state index is 0.149. The van der Waals surface area contributed by atoms with Crippen molar-refractivity contribution in [3.05, 3.63) is 37.8 Å². The molecular weight excluding hydrogens is 328 g/mol. The lowest BCUT2D eigenvalue weighted by Gasteiger charge is -2.17. The summed E-state index contributed by atoms with van der Waals surface area (Å²) in [4.78, 5) is 26.4. The topological polar surface area (TPSA) is 105 Å². The molecule has 1 aromatic heterocycles. The van der Waals surface area contributed by atoms with Gasteiger partial charge in [-0.1, -0.05) is 25.6 Å². The Balaban J connectivity index is 2.47. The highest BCUT2D eigenvalue weighted by molar-refractivity contribution is 6.84. The number of aromatic nitrogens is 2. The van der Waals surface area contributed by atoms with Gasteiger partial charge in [0.1, 0.15) is 12.3 Å².